The minimum atomic E-state index is -1.88. The number of β-lactam (4-membered cyclic amide) rings is 1. The van der Waals surface area contributed by atoms with Crippen molar-refractivity contribution >= 4 is 34.7 Å². The number of hydrogen-bond acceptors (Lipinski definition) is 8. The summed E-state index contributed by atoms with van der Waals surface area (Å²) in [7, 11) is -0.519. The molecule has 3 heterocycles. The van der Waals surface area contributed by atoms with Crippen LogP contribution in [0.15, 0.2) is 83.6 Å². The molecular formula is C31H33N3O8S. The van der Waals surface area contributed by atoms with E-state index >= 15 is 0 Å². The van der Waals surface area contributed by atoms with Gasteiger partial charge in [-0.05, 0) is 44.4 Å². The number of ether oxygens (including phenoxy) is 2. The summed E-state index contributed by atoms with van der Waals surface area (Å²) in [5.41, 5.74) is 0.609. The Bertz CT molecular complexity index is 1480. The SMILES string of the molecule is CON1CCC(=CC2=C(C(=O)OC(c3ccccc3)c3ccccc3)N3C(=O)CC3S(=O)C2NC(=O)OC(C)(C)C)C1=O. The van der Waals surface area contributed by atoms with Crippen LogP contribution in [0.3, 0.4) is 0 Å². The zero-order valence-electron chi connectivity index (χ0n) is 24.3. The maximum atomic E-state index is 14.2. The fraction of sp³-hybridized carbons (Fsp3) is 0.355. The normalized spacial score (nSPS) is 22.9. The Morgan fingerprint density at radius 3 is 2.14 bits per heavy atom. The summed E-state index contributed by atoms with van der Waals surface area (Å²) in [6, 6.07) is 18.2. The Kier molecular flexibility index (Phi) is 8.52. The third-order valence-electron chi connectivity index (χ3n) is 7.11. The van der Waals surface area contributed by atoms with Gasteiger partial charge in [0.2, 0.25) is 5.91 Å². The van der Waals surface area contributed by atoms with Gasteiger partial charge in [-0.3, -0.25) is 23.5 Å². The van der Waals surface area contributed by atoms with E-state index in [0.717, 1.165) is 9.96 Å². The highest BCUT2D eigenvalue weighted by Crippen LogP contribution is 2.40. The number of amides is 3. The van der Waals surface area contributed by atoms with Crippen LogP contribution in [-0.2, 0) is 39.5 Å². The number of hydroxylamine groups is 2. The van der Waals surface area contributed by atoms with Crippen LogP contribution < -0.4 is 5.32 Å². The van der Waals surface area contributed by atoms with Crippen molar-refractivity contribution in [2.45, 2.75) is 56.1 Å². The molecule has 11 nitrogen and oxygen atoms in total. The number of fused-ring (bicyclic) bond motifs is 1. The fourth-order valence-corrected chi connectivity index (χ4v) is 6.83. The third-order valence-corrected chi connectivity index (χ3v) is 8.86. The predicted molar refractivity (Wildman–Crippen MR) is 156 cm³/mol. The number of esters is 1. The van der Waals surface area contributed by atoms with Crippen LogP contribution in [0.25, 0.3) is 0 Å². The molecule has 3 unspecified atom stereocenters. The largest absolute Gasteiger partial charge is 0.448 e. The number of nitrogens with zero attached hydrogens (tertiary/aromatic N) is 2. The van der Waals surface area contributed by atoms with E-state index < -0.39 is 57.1 Å². The highest BCUT2D eigenvalue weighted by atomic mass is 32.2. The molecule has 2 aromatic rings. The highest BCUT2D eigenvalue weighted by Gasteiger charge is 2.53. The van der Waals surface area contributed by atoms with Crippen molar-refractivity contribution in [3.8, 4) is 0 Å². The molecule has 1 N–H and O–H groups in total. The van der Waals surface area contributed by atoms with E-state index in [9.17, 15) is 23.4 Å². The fourth-order valence-electron chi connectivity index (χ4n) is 5.13. The molecular weight excluding hydrogens is 574 g/mol. The molecule has 0 radical (unpaired) electrons. The maximum absolute atomic E-state index is 14.2. The van der Waals surface area contributed by atoms with Gasteiger partial charge in [-0.2, -0.15) is 0 Å². The molecule has 2 aromatic carbocycles. The molecule has 3 aliphatic heterocycles. The molecule has 3 aliphatic rings. The zero-order valence-corrected chi connectivity index (χ0v) is 25.1. The number of carbonyl (C=O) groups is 4. The van der Waals surface area contributed by atoms with Crippen molar-refractivity contribution in [2.75, 3.05) is 13.7 Å². The molecule has 5 rings (SSSR count). The number of rotatable bonds is 7. The second kappa shape index (κ2) is 12.1. The first-order valence-corrected chi connectivity index (χ1v) is 15.1. The van der Waals surface area contributed by atoms with Gasteiger partial charge in [-0.25, -0.2) is 14.7 Å². The second-order valence-corrected chi connectivity index (χ2v) is 12.9. The average Bonchev–Trinajstić information content (AvgIpc) is 3.32. The number of hydrogen-bond donors (Lipinski definition) is 1. The summed E-state index contributed by atoms with van der Waals surface area (Å²) in [5.74, 6) is -1.75. The third kappa shape index (κ3) is 6.25. The molecule has 0 aromatic heterocycles. The van der Waals surface area contributed by atoms with Crippen LogP contribution in [0.4, 0.5) is 4.79 Å². The summed E-state index contributed by atoms with van der Waals surface area (Å²) in [4.78, 5) is 59.3. The number of benzene rings is 2. The molecule has 2 saturated heterocycles. The van der Waals surface area contributed by atoms with E-state index in [1.165, 1.54) is 13.2 Å². The lowest BCUT2D eigenvalue weighted by atomic mass is 10.0. The molecule has 43 heavy (non-hydrogen) atoms. The molecule has 0 bridgehead atoms. The highest BCUT2D eigenvalue weighted by molar-refractivity contribution is 7.86. The van der Waals surface area contributed by atoms with Crippen LogP contribution in [0, 0.1) is 0 Å². The van der Waals surface area contributed by atoms with Gasteiger partial charge >= 0.3 is 12.1 Å². The van der Waals surface area contributed by atoms with Gasteiger partial charge in [-0.15, -0.1) is 0 Å². The van der Waals surface area contributed by atoms with Crippen LogP contribution in [0.1, 0.15) is 50.8 Å². The van der Waals surface area contributed by atoms with E-state index in [1.54, 1.807) is 20.8 Å². The van der Waals surface area contributed by atoms with Crippen LogP contribution in [0.2, 0.25) is 0 Å². The van der Waals surface area contributed by atoms with Gasteiger partial charge in [0.1, 0.15) is 22.0 Å². The quantitative estimate of drug-likeness (QED) is 0.288. The topological polar surface area (TPSA) is 132 Å². The van der Waals surface area contributed by atoms with Crippen molar-refractivity contribution in [1.29, 1.82) is 0 Å². The van der Waals surface area contributed by atoms with Gasteiger partial charge in [-0.1, -0.05) is 60.7 Å². The number of carbonyl (C=O) groups excluding carboxylic acids is 4. The van der Waals surface area contributed by atoms with Gasteiger partial charge in [0.05, 0.1) is 30.9 Å². The van der Waals surface area contributed by atoms with Crippen LogP contribution >= 0.6 is 0 Å². The van der Waals surface area contributed by atoms with Crippen molar-refractivity contribution in [3.63, 3.8) is 0 Å². The molecule has 3 atom stereocenters. The molecule has 226 valence electrons. The second-order valence-electron chi connectivity index (χ2n) is 11.2. The predicted octanol–water partition coefficient (Wildman–Crippen LogP) is 3.46. The van der Waals surface area contributed by atoms with E-state index in [4.69, 9.17) is 14.3 Å². The smallest absolute Gasteiger partial charge is 0.408 e. The van der Waals surface area contributed by atoms with Gasteiger partial charge in [0, 0.05) is 11.1 Å². The number of nitrogens with one attached hydrogen (secondary N) is 1. The standard InChI is InChI=1S/C31H33N3O8S/c1-31(2,3)42-30(38)32-27-22(17-21-15-16-33(40-4)28(21)36)25(34-23(35)18-24(34)43(27)39)29(37)41-26(19-11-7-5-8-12-19)20-13-9-6-10-14-20/h5-14,17,24,26-27H,15-16,18H2,1-4H3,(H,32,38). The van der Waals surface area contributed by atoms with Crippen molar-refractivity contribution in [1.82, 2.24) is 15.3 Å². The number of alkyl carbamates (subject to hydrolysis) is 1. The molecule has 0 spiro atoms. The van der Waals surface area contributed by atoms with Crippen molar-refractivity contribution < 1.29 is 37.7 Å². The van der Waals surface area contributed by atoms with Gasteiger partial charge < -0.3 is 14.8 Å². The van der Waals surface area contributed by atoms with Crippen molar-refractivity contribution in [3.05, 3.63) is 94.7 Å². The summed E-state index contributed by atoms with van der Waals surface area (Å²) in [5, 5.41) is 1.63. The van der Waals surface area contributed by atoms with E-state index in [2.05, 4.69) is 5.32 Å². The molecule has 0 saturated carbocycles. The Morgan fingerprint density at radius 2 is 1.63 bits per heavy atom. The average molecular weight is 608 g/mol. The van der Waals surface area contributed by atoms with E-state index in [1.807, 2.05) is 60.7 Å². The Labute approximate surface area is 251 Å². The minimum absolute atomic E-state index is 0.0136. The molecule has 2 fully saturated rings. The lowest BCUT2D eigenvalue weighted by Gasteiger charge is -2.46. The minimum Gasteiger partial charge on any atom is -0.448 e. The first kappa shape index (κ1) is 30.2. The Balaban J connectivity index is 1.62. The lowest BCUT2D eigenvalue weighted by Crippen LogP contribution is -2.63. The van der Waals surface area contributed by atoms with Crippen molar-refractivity contribution in [2.24, 2.45) is 0 Å². The monoisotopic (exact) mass is 607 g/mol. The van der Waals surface area contributed by atoms with Gasteiger partial charge in [0.15, 0.2) is 6.10 Å². The van der Waals surface area contributed by atoms with Crippen LogP contribution in [0.5, 0.6) is 0 Å². The summed E-state index contributed by atoms with van der Waals surface area (Å²) < 4.78 is 25.3. The first-order valence-electron chi connectivity index (χ1n) is 13.8. The van der Waals surface area contributed by atoms with E-state index in [0.29, 0.717) is 11.1 Å². The lowest BCUT2D eigenvalue weighted by molar-refractivity contribution is -0.164. The molecule has 0 aliphatic carbocycles. The maximum Gasteiger partial charge on any atom is 0.408 e. The summed E-state index contributed by atoms with van der Waals surface area (Å²) in [6.45, 7) is 5.31. The molecule has 12 heteroatoms. The van der Waals surface area contributed by atoms with Crippen LogP contribution in [-0.4, -0.2) is 68.1 Å². The first-order chi connectivity index (χ1) is 20.5. The summed E-state index contributed by atoms with van der Waals surface area (Å²) in [6.07, 6.45) is -0.126. The zero-order chi connectivity index (χ0) is 30.9. The molecule has 3 amide bonds. The Morgan fingerprint density at radius 1 is 1.02 bits per heavy atom. The van der Waals surface area contributed by atoms with E-state index in [-0.39, 0.29) is 36.2 Å². The van der Waals surface area contributed by atoms with Gasteiger partial charge in [0.25, 0.3) is 5.91 Å². The summed E-state index contributed by atoms with van der Waals surface area (Å²) >= 11 is 0. The Hall–Kier alpha value is -4.29.